The summed E-state index contributed by atoms with van der Waals surface area (Å²) in [6, 6.07) is 10.4. The summed E-state index contributed by atoms with van der Waals surface area (Å²) in [5.41, 5.74) is 0.353. The van der Waals surface area contributed by atoms with Crippen LogP contribution in [0.2, 0.25) is 0 Å². The van der Waals surface area contributed by atoms with Crippen molar-refractivity contribution in [3.8, 4) is 17.2 Å². The van der Waals surface area contributed by atoms with Crippen LogP contribution in [-0.4, -0.2) is 97.3 Å². The molecule has 14 nitrogen and oxygen atoms in total. The minimum absolute atomic E-state index is 0.0201. The molecule has 6 unspecified atom stereocenters. The Kier molecular flexibility index (Phi) is 10.4. The van der Waals surface area contributed by atoms with Gasteiger partial charge in [-0.2, -0.15) is 0 Å². The van der Waals surface area contributed by atoms with Gasteiger partial charge in [-0.3, -0.25) is 9.79 Å². The number of fused-ring (bicyclic) bond motifs is 4. The fraction of sp³-hybridized carbons (Fsp3) is 0.442. The molecule has 1 fully saturated rings. The van der Waals surface area contributed by atoms with Crippen LogP contribution in [0.5, 0.6) is 17.2 Å². The number of aliphatic hydroxyl groups is 5. The normalized spacial score (nSPS) is 23.4. The average Bonchev–Trinajstić information content (AvgIpc) is 3.81. The summed E-state index contributed by atoms with van der Waals surface area (Å²) in [5.74, 6) is 0.855. The first kappa shape index (κ1) is 39.0. The molecular formula is C43H48N2O12. The smallest absolute Gasteiger partial charge is 0.193 e. The van der Waals surface area contributed by atoms with E-state index in [1.807, 2.05) is 24.1 Å². The number of hydrogen-bond donors (Lipinski definition) is 7. The number of nitrogens with zero attached hydrogens (tertiary/aromatic N) is 2. The third kappa shape index (κ3) is 7.09. The maximum Gasteiger partial charge on any atom is 0.193 e. The van der Waals surface area contributed by atoms with Gasteiger partial charge < -0.3 is 49.8 Å². The lowest BCUT2D eigenvalue weighted by Crippen LogP contribution is -2.58. The Morgan fingerprint density at radius 1 is 1.04 bits per heavy atom. The van der Waals surface area contributed by atoms with E-state index in [0.717, 1.165) is 43.4 Å². The van der Waals surface area contributed by atoms with Gasteiger partial charge >= 0.3 is 0 Å². The predicted molar refractivity (Wildman–Crippen MR) is 210 cm³/mol. The number of aromatic hydroxyl groups is 2. The second kappa shape index (κ2) is 15.2. The van der Waals surface area contributed by atoms with Crippen molar-refractivity contribution >= 4 is 33.6 Å². The van der Waals surface area contributed by atoms with Crippen LogP contribution in [0, 0.1) is 12.8 Å². The zero-order valence-electron chi connectivity index (χ0n) is 31.8. The summed E-state index contributed by atoms with van der Waals surface area (Å²) in [6.07, 6.45) is 3.58. The van der Waals surface area contributed by atoms with E-state index < -0.39 is 55.3 Å². The summed E-state index contributed by atoms with van der Waals surface area (Å²) in [5, 5.41) is 76.2. The van der Waals surface area contributed by atoms with Gasteiger partial charge in [0, 0.05) is 53.8 Å². The molecule has 8 rings (SSSR count). The number of allylic oxidation sites excluding steroid dienone is 1. The number of aliphatic hydroxyl groups excluding tert-OH is 4. The third-order valence-corrected chi connectivity index (χ3v) is 12.2. The molecule has 14 heteroatoms. The number of phenolic OH excluding ortho intramolecular Hbond substituents is 2. The van der Waals surface area contributed by atoms with Gasteiger partial charge in [-0.1, -0.05) is 25.3 Å². The van der Waals surface area contributed by atoms with Gasteiger partial charge in [0.25, 0.3) is 0 Å². The zero-order valence-corrected chi connectivity index (χ0v) is 31.8. The highest BCUT2D eigenvalue weighted by atomic mass is 17.2. The Bertz CT molecular complexity index is 2350. The van der Waals surface area contributed by atoms with E-state index in [1.54, 1.807) is 19.2 Å². The SMILES string of the molecule is Cc1cc(=O)c2cc3c(c(N4C=C5N=CC=C5C4)c2o1)OC(C)(C1CCCCC1)C(OOCC(O)(Cc1ccc(O)c2ccc(O)cc12)C(O)C(O)C(O)CO)C3. The van der Waals surface area contributed by atoms with Crippen LogP contribution in [0.4, 0.5) is 5.69 Å². The van der Waals surface area contributed by atoms with Crippen LogP contribution in [0.25, 0.3) is 21.7 Å². The minimum Gasteiger partial charge on any atom is -0.508 e. The lowest BCUT2D eigenvalue weighted by molar-refractivity contribution is -0.374. The van der Waals surface area contributed by atoms with E-state index in [-0.39, 0.29) is 29.3 Å². The summed E-state index contributed by atoms with van der Waals surface area (Å²) in [6.45, 7) is 2.59. The number of hydrogen-bond acceptors (Lipinski definition) is 14. The molecule has 0 radical (unpaired) electrons. The third-order valence-electron chi connectivity index (χ3n) is 12.2. The molecule has 57 heavy (non-hydrogen) atoms. The van der Waals surface area contributed by atoms with Gasteiger partial charge in [0.1, 0.15) is 65.2 Å². The van der Waals surface area contributed by atoms with Crippen LogP contribution >= 0.6 is 0 Å². The quantitative estimate of drug-likeness (QED) is 0.0801. The highest BCUT2D eigenvalue weighted by molar-refractivity contribution is 5.96. The Labute approximate surface area is 328 Å². The number of aryl methyl sites for hydroxylation is 1. The molecule has 0 bridgehead atoms. The maximum atomic E-state index is 13.5. The van der Waals surface area contributed by atoms with Crippen molar-refractivity contribution in [2.45, 2.75) is 94.4 Å². The molecule has 6 atom stereocenters. The molecule has 4 aliphatic rings. The first-order valence-electron chi connectivity index (χ1n) is 19.4. The molecule has 4 aromatic rings. The van der Waals surface area contributed by atoms with Gasteiger partial charge in [0.15, 0.2) is 16.8 Å². The number of ether oxygens (including phenoxy) is 1. The predicted octanol–water partition coefficient (Wildman–Crippen LogP) is 3.98. The Morgan fingerprint density at radius 3 is 2.58 bits per heavy atom. The fourth-order valence-electron chi connectivity index (χ4n) is 8.90. The standard InChI is InChI=1S/C43H48N2O12/c1-23-14-34(49)31-15-26-16-36(42(2,27-6-4-3-5-7-27)56-39(26)37(40(31)55-23)45-19-25-12-13-44-32(25)20-45)57-54-22-43(53,41(52)38(51)35(50)21-46)18-24-8-11-33(48)29-10-9-28(47)17-30(24)29/h8-15,17,20,27,35-36,38,41,46-48,50-53H,3-7,16,18-19,21-22H2,1-2H3. The molecule has 1 saturated carbocycles. The van der Waals surface area contributed by atoms with Crippen molar-refractivity contribution in [3.63, 3.8) is 0 Å². The van der Waals surface area contributed by atoms with E-state index in [4.69, 9.17) is 18.9 Å². The van der Waals surface area contributed by atoms with E-state index in [0.29, 0.717) is 56.6 Å². The van der Waals surface area contributed by atoms with Crippen LogP contribution in [0.1, 0.15) is 55.9 Å². The monoisotopic (exact) mass is 784 g/mol. The Morgan fingerprint density at radius 2 is 1.82 bits per heavy atom. The molecule has 0 amide bonds. The van der Waals surface area contributed by atoms with Crippen LogP contribution < -0.4 is 15.1 Å². The topological polar surface area (TPSA) is 215 Å². The number of aliphatic imine (C=N–C) groups is 1. The number of rotatable bonds is 12. The second-order valence-corrected chi connectivity index (χ2v) is 16.0. The number of benzene rings is 3. The highest BCUT2D eigenvalue weighted by Gasteiger charge is 2.51. The van der Waals surface area contributed by atoms with Crippen LogP contribution in [-0.2, 0) is 22.6 Å². The first-order chi connectivity index (χ1) is 27.3. The van der Waals surface area contributed by atoms with Crippen molar-refractivity contribution in [1.82, 2.24) is 0 Å². The van der Waals surface area contributed by atoms with Crippen LogP contribution in [0.15, 0.2) is 80.2 Å². The molecule has 3 aliphatic heterocycles. The molecule has 1 aliphatic carbocycles. The van der Waals surface area contributed by atoms with E-state index >= 15 is 0 Å². The summed E-state index contributed by atoms with van der Waals surface area (Å²) < 4.78 is 13.4. The summed E-state index contributed by atoms with van der Waals surface area (Å²) >= 11 is 0. The largest absolute Gasteiger partial charge is 0.508 e. The average molecular weight is 785 g/mol. The minimum atomic E-state index is -2.35. The van der Waals surface area contributed by atoms with Crippen molar-refractivity contribution < 1.29 is 54.7 Å². The van der Waals surface area contributed by atoms with Gasteiger partial charge in [-0.15, -0.1) is 0 Å². The summed E-state index contributed by atoms with van der Waals surface area (Å²) in [7, 11) is 0. The van der Waals surface area contributed by atoms with Crippen molar-refractivity contribution in [1.29, 1.82) is 0 Å². The number of anilines is 1. The van der Waals surface area contributed by atoms with E-state index in [9.17, 15) is 40.5 Å². The highest BCUT2D eigenvalue weighted by Crippen LogP contribution is 2.51. The lowest BCUT2D eigenvalue weighted by atomic mass is 9.72. The van der Waals surface area contributed by atoms with Gasteiger partial charge in [-0.05, 0) is 74.0 Å². The van der Waals surface area contributed by atoms with Crippen molar-refractivity contribution in [2.75, 3.05) is 24.7 Å². The molecule has 302 valence electrons. The fourth-order valence-corrected chi connectivity index (χ4v) is 8.90. The van der Waals surface area contributed by atoms with Gasteiger partial charge in [0.2, 0.25) is 0 Å². The second-order valence-electron chi connectivity index (χ2n) is 16.0. The molecule has 3 aromatic carbocycles. The van der Waals surface area contributed by atoms with E-state index in [1.165, 1.54) is 36.4 Å². The van der Waals surface area contributed by atoms with E-state index in [2.05, 4.69) is 4.99 Å². The Hall–Kier alpha value is -4.80. The Balaban J connectivity index is 1.16. The summed E-state index contributed by atoms with van der Waals surface area (Å²) in [4.78, 5) is 32.1. The molecule has 0 saturated heterocycles. The molecule has 4 heterocycles. The first-order valence-corrected chi connectivity index (χ1v) is 19.4. The van der Waals surface area contributed by atoms with Gasteiger partial charge in [-0.25, -0.2) is 9.78 Å². The van der Waals surface area contributed by atoms with Gasteiger partial charge in [0.05, 0.1) is 24.2 Å². The number of phenols is 2. The molecule has 7 N–H and O–H groups in total. The zero-order chi connectivity index (χ0) is 40.2. The van der Waals surface area contributed by atoms with Crippen molar-refractivity contribution in [3.05, 3.63) is 93.1 Å². The lowest BCUT2D eigenvalue weighted by Gasteiger charge is -2.48. The maximum absolute atomic E-state index is 13.5. The molecular weight excluding hydrogens is 736 g/mol. The van der Waals surface area contributed by atoms with Crippen LogP contribution in [0.3, 0.4) is 0 Å². The molecule has 1 aromatic heterocycles. The molecule has 0 spiro atoms. The van der Waals surface area contributed by atoms with Crippen molar-refractivity contribution in [2.24, 2.45) is 10.9 Å².